The predicted molar refractivity (Wildman–Crippen MR) is 79.7 cm³/mol. The van der Waals surface area contributed by atoms with Gasteiger partial charge in [-0.1, -0.05) is 12.1 Å². The van der Waals surface area contributed by atoms with Crippen LogP contribution in [0.25, 0.3) is 10.9 Å². The number of aromatic nitrogens is 1. The summed E-state index contributed by atoms with van der Waals surface area (Å²) in [6.45, 7) is 4.66. The van der Waals surface area contributed by atoms with Crippen molar-refractivity contribution >= 4 is 16.8 Å². The number of carbonyl (C=O) groups excluding carboxylic acids is 1. The van der Waals surface area contributed by atoms with Crippen LogP contribution >= 0.6 is 0 Å². The fraction of sp³-hybridized carbons (Fsp3) is 0.375. The van der Waals surface area contributed by atoms with E-state index in [2.05, 4.69) is 10.3 Å². The largest absolute Gasteiger partial charge is 0.335 e. The van der Waals surface area contributed by atoms with Gasteiger partial charge in [0.15, 0.2) is 0 Å². The Morgan fingerprint density at radius 3 is 3.05 bits per heavy atom. The van der Waals surface area contributed by atoms with Gasteiger partial charge in [-0.3, -0.25) is 9.78 Å². The number of likely N-dealkylation sites (N-methyl/N-ethyl adjacent to an activating group) is 1. The van der Waals surface area contributed by atoms with Crippen LogP contribution in [0.3, 0.4) is 0 Å². The Hall–Kier alpha value is -1.94. The molecule has 4 heteroatoms. The molecule has 0 aliphatic carbocycles. The van der Waals surface area contributed by atoms with Crippen molar-refractivity contribution in [1.82, 2.24) is 15.2 Å². The molecular weight excluding hydrogens is 250 g/mol. The first kappa shape index (κ1) is 13.1. The lowest BCUT2D eigenvalue weighted by molar-refractivity contribution is 0.0706. The Kier molecular flexibility index (Phi) is 3.65. The zero-order chi connectivity index (χ0) is 13.9. The maximum absolute atomic E-state index is 12.8. The molecule has 104 valence electrons. The summed E-state index contributed by atoms with van der Waals surface area (Å²) >= 11 is 0. The Bertz CT molecular complexity index is 615. The molecule has 0 spiro atoms. The molecule has 0 bridgehead atoms. The van der Waals surface area contributed by atoms with Gasteiger partial charge in [-0.2, -0.15) is 0 Å². The van der Waals surface area contributed by atoms with Crippen molar-refractivity contribution in [3.63, 3.8) is 0 Å². The van der Waals surface area contributed by atoms with E-state index in [1.807, 2.05) is 42.2 Å². The van der Waals surface area contributed by atoms with Gasteiger partial charge in [0.1, 0.15) is 0 Å². The molecule has 1 fully saturated rings. The second-order valence-electron chi connectivity index (χ2n) is 5.11. The molecular formula is C16H19N3O. The molecule has 1 N–H and O–H groups in total. The lowest BCUT2D eigenvalue weighted by Gasteiger charge is -2.27. The smallest absolute Gasteiger partial charge is 0.254 e. The fourth-order valence-electron chi connectivity index (χ4n) is 2.92. The number of pyridine rings is 1. The van der Waals surface area contributed by atoms with Gasteiger partial charge in [0.25, 0.3) is 5.91 Å². The van der Waals surface area contributed by atoms with Crippen molar-refractivity contribution in [3.05, 3.63) is 42.1 Å². The Labute approximate surface area is 118 Å². The number of hydrogen-bond donors (Lipinski definition) is 1. The van der Waals surface area contributed by atoms with E-state index in [1.165, 1.54) is 0 Å². The molecule has 3 rings (SSSR count). The van der Waals surface area contributed by atoms with E-state index in [-0.39, 0.29) is 5.91 Å². The molecule has 1 amide bonds. The first-order valence-electron chi connectivity index (χ1n) is 7.16. The number of rotatable bonds is 3. The standard InChI is InChI=1S/C16H19N3O/c1-2-19(12-8-10-17-11-12)16(20)14-5-3-7-15-13(14)6-4-9-18-15/h3-7,9,12,17H,2,8,10-11H2,1H3. The minimum absolute atomic E-state index is 0.111. The quantitative estimate of drug-likeness (QED) is 0.927. The predicted octanol–water partition coefficient (Wildman–Crippen LogP) is 2.06. The Morgan fingerprint density at radius 1 is 1.40 bits per heavy atom. The third kappa shape index (κ3) is 2.27. The molecule has 20 heavy (non-hydrogen) atoms. The van der Waals surface area contributed by atoms with E-state index in [4.69, 9.17) is 0 Å². The summed E-state index contributed by atoms with van der Waals surface area (Å²) < 4.78 is 0. The van der Waals surface area contributed by atoms with Crippen LogP contribution in [0.5, 0.6) is 0 Å². The normalized spacial score (nSPS) is 18.4. The fourth-order valence-corrected chi connectivity index (χ4v) is 2.92. The molecule has 1 aromatic carbocycles. The van der Waals surface area contributed by atoms with Gasteiger partial charge in [-0.15, -0.1) is 0 Å². The van der Waals surface area contributed by atoms with Crippen LogP contribution in [0.4, 0.5) is 0 Å². The highest BCUT2D eigenvalue weighted by atomic mass is 16.2. The monoisotopic (exact) mass is 269 g/mol. The van der Waals surface area contributed by atoms with Crippen molar-refractivity contribution in [1.29, 1.82) is 0 Å². The molecule has 1 atom stereocenters. The first-order valence-corrected chi connectivity index (χ1v) is 7.16. The molecule has 2 heterocycles. The van der Waals surface area contributed by atoms with Crippen LogP contribution in [0.2, 0.25) is 0 Å². The number of nitrogens with one attached hydrogen (secondary N) is 1. The lowest BCUT2D eigenvalue weighted by atomic mass is 10.1. The molecule has 1 aliphatic heterocycles. The van der Waals surface area contributed by atoms with Crippen LogP contribution in [0, 0.1) is 0 Å². The summed E-state index contributed by atoms with van der Waals surface area (Å²) in [6.07, 6.45) is 2.79. The van der Waals surface area contributed by atoms with E-state index >= 15 is 0 Å². The zero-order valence-corrected chi connectivity index (χ0v) is 11.7. The molecule has 0 radical (unpaired) electrons. The van der Waals surface area contributed by atoms with Crippen LogP contribution in [0.1, 0.15) is 23.7 Å². The average Bonchev–Trinajstić information content (AvgIpc) is 3.01. The highest BCUT2D eigenvalue weighted by Gasteiger charge is 2.26. The number of benzene rings is 1. The zero-order valence-electron chi connectivity index (χ0n) is 11.7. The van der Waals surface area contributed by atoms with E-state index in [9.17, 15) is 4.79 Å². The minimum atomic E-state index is 0.111. The van der Waals surface area contributed by atoms with Crippen molar-refractivity contribution < 1.29 is 4.79 Å². The molecule has 1 saturated heterocycles. The number of hydrogen-bond acceptors (Lipinski definition) is 3. The Balaban J connectivity index is 1.98. The second kappa shape index (κ2) is 5.59. The summed E-state index contributed by atoms with van der Waals surface area (Å²) in [5, 5.41) is 4.26. The van der Waals surface area contributed by atoms with Crippen LogP contribution < -0.4 is 5.32 Å². The third-order valence-corrected chi connectivity index (χ3v) is 3.95. The van der Waals surface area contributed by atoms with E-state index in [1.54, 1.807) is 6.20 Å². The highest BCUT2D eigenvalue weighted by molar-refractivity contribution is 6.06. The van der Waals surface area contributed by atoms with Crippen LogP contribution in [0.15, 0.2) is 36.5 Å². The SMILES string of the molecule is CCN(C(=O)c1cccc2ncccc12)C1CCNC1. The van der Waals surface area contributed by atoms with E-state index < -0.39 is 0 Å². The van der Waals surface area contributed by atoms with Crippen molar-refractivity contribution in [2.24, 2.45) is 0 Å². The van der Waals surface area contributed by atoms with Gasteiger partial charge in [0, 0.05) is 36.3 Å². The van der Waals surface area contributed by atoms with E-state index in [0.29, 0.717) is 6.04 Å². The van der Waals surface area contributed by atoms with Gasteiger partial charge >= 0.3 is 0 Å². The summed E-state index contributed by atoms with van der Waals surface area (Å²) in [5.74, 6) is 0.111. The van der Waals surface area contributed by atoms with Gasteiger partial charge in [-0.05, 0) is 38.1 Å². The maximum Gasteiger partial charge on any atom is 0.254 e. The van der Waals surface area contributed by atoms with Gasteiger partial charge in [0.2, 0.25) is 0 Å². The van der Waals surface area contributed by atoms with Crippen molar-refractivity contribution in [2.75, 3.05) is 19.6 Å². The summed E-state index contributed by atoms with van der Waals surface area (Å²) in [7, 11) is 0. The third-order valence-electron chi connectivity index (χ3n) is 3.95. The Morgan fingerprint density at radius 2 is 2.30 bits per heavy atom. The second-order valence-corrected chi connectivity index (χ2v) is 5.11. The van der Waals surface area contributed by atoms with Crippen LogP contribution in [-0.2, 0) is 0 Å². The highest BCUT2D eigenvalue weighted by Crippen LogP contribution is 2.20. The van der Waals surface area contributed by atoms with Gasteiger partial charge in [-0.25, -0.2) is 0 Å². The number of carbonyl (C=O) groups is 1. The summed E-state index contributed by atoms with van der Waals surface area (Å²) in [6, 6.07) is 9.91. The maximum atomic E-state index is 12.8. The molecule has 1 aliphatic rings. The number of nitrogens with zero attached hydrogens (tertiary/aromatic N) is 2. The van der Waals surface area contributed by atoms with E-state index in [0.717, 1.165) is 42.5 Å². The minimum Gasteiger partial charge on any atom is -0.335 e. The molecule has 0 saturated carbocycles. The summed E-state index contributed by atoms with van der Waals surface area (Å²) in [4.78, 5) is 19.1. The van der Waals surface area contributed by atoms with Gasteiger partial charge < -0.3 is 10.2 Å². The molecule has 2 aromatic rings. The molecule has 1 aromatic heterocycles. The topological polar surface area (TPSA) is 45.2 Å². The van der Waals surface area contributed by atoms with Crippen molar-refractivity contribution in [3.8, 4) is 0 Å². The number of fused-ring (bicyclic) bond motifs is 1. The summed E-state index contributed by atoms with van der Waals surface area (Å²) in [5.41, 5.74) is 1.63. The molecule has 1 unspecified atom stereocenters. The van der Waals surface area contributed by atoms with Gasteiger partial charge in [0.05, 0.1) is 5.52 Å². The van der Waals surface area contributed by atoms with Crippen molar-refractivity contribution in [2.45, 2.75) is 19.4 Å². The lowest BCUT2D eigenvalue weighted by Crippen LogP contribution is -2.41. The number of amides is 1. The average molecular weight is 269 g/mol. The molecule has 4 nitrogen and oxygen atoms in total. The first-order chi connectivity index (χ1) is 9.81. The van der Waals surface area contributed by atoms with Crippen LogP contribution in [-0.4, -0.2) is 41.5 Å².